The SMILES string of the molecule is C=CCN1C(=O)C(=O)N(CC(=O)c2cc(C)n(-c3cccc(Br)c3)c2C)C1=O. The minimum atomic E-state index is -0.999. The minimum Gasteiger partial charge on any atom is -0.318 e. The maximum atomic E-state index is 12.8. The van der Waals surface area contributed by atoms with Crippen molar-refractivity contribution in [3.63, 3.8) is 0 Å². The van der Waals surface area contributed by atoms with E-state index in [1.54, 1.807) is 13.0 Å². The number of aryl methyl sites for hydroxylation is 1. The van der Waals surface area contributed by atoms with Crippen molar-refractivity contribution in [3.8, 4) is 5.69 Å². The largest absolute Gasteiger partial charge is 0.334 e. The first-order valence-corrected chi connectivity index (χ1v) is 9.31. The number of carbonyl (C=O) groups is 4. The van der Waals surface area contributed by atoms with E-state index < -0.39 is 30.2 Å². The number of urea groups is 1. The molecule has 0 radical (unpaired) electrons. The molecule has 0 N–H and O–H groups in total. The average molecular weight is 444 g/mol. The molecule has 1 aromatic carbocycles. The lowest BCUT2D eigenvalue weighted by molar-refractivity contribution is -0.142. The topological polar surface area (TPSA) is 79.7 Å². The Labute approximate surface area is 170 Å². The predicted octanol–water partition coefficient (Wildman–Crippen LogP) is 3.02. The van der Waals surface area contributed by atoms with Gasteiger partial charge in [-0.3, -0.25) is 19.3 Å². The molecule has 1 aliphatic rings. The summed E-state index contributed by atoms with van der Waals surface area (Å²) in [5.41, 5.74) is 2.80. The van der Waals surface area contributed by atoms with E-state index in [0.717, 1.165) is 20.8 Å². The normalized spacial score (nSPS) is 14.2. The molecule has 28 heavy (non-hydrogen) atoms. The third-order valence-corrected chi connectivity index (χ3v) is 5.04. The van der Waals surface area contributed by atoms with Gasteiger partial charge < -0.3 is 4.57 Å². The fraction of sp³-hybridized carbons (Fsp3) is 0.200. The highest BCUT2D eigenvalue weighted by Crippen LogP contribution is 2.24. The fourth-order valence-electron chi connectivity index (χ4n) is 3.27. The lowest BCUT2D eigenvalue weighted by atomic mass is 10.1. The van der Waals surface area contributed by atoms with Crippen molar-refractivity contribution in [2.24, 2.45) is 0 Å². The predicted molar refractivity (Wildman–Crippen MR) is 106 cm³/mol. The molecule has 1 fully saturated rings. The highest BCUT2D eigenvalue weighted by atomic mass is 79.9. The van der Waals surface area contributed by atoms with Gasteiger partial charge >= 0.3 is 17.8 Å². The van der Waals surface area contributed by atoms with Gasteiger partial charge in [0.1, 0.15) is 0 Å². The number of hydrogen-bond acceptors (Lipinski definition) is 4. The monoisotopic (exact) mass is 443 g/mol. The van der Waals surface area contributed by atoms with Crippen LogP contribution in [-0.2, 0) is 9.59 Å². The Morgan fingerprint density at radius 1 is 1.11 bits per heavy atom. The summed E-state index contributed by atoms with van der Waals surface area (Å²) in [6.07, 6.45) is 1.35. The van der Waals surface area contributed by atoms with Crippen LogP contribution >= 0.6 is 15.9 Å². The van der Waals surface area contributed by atoms with Crippen molar-refractivity contribution in [2.75, 3.05) is 13.1 Å². The maximum absolute atomic E-state index is 12.8. The Morgan fingerprint density at radius 2 is 1.79 bits per heavy atom. The van der Waals surface area contributed by atoms with Crippen LogP contribution in [0, 0.1) is 13.8 Å². The molecule has 1 saturated heterocycles. The molecule has 1 aromatic heterocycles. The molecule has 1 aliphatic heterocycles. The third-order valence-electron chi connectivity index (χ3n) is 4.55. The Morgan fingerprint density at radius 3 is 2.43 bits per heavy atom. The summed E-state index contributed by atoms with van der Waals surface area (Å²) >= 11 is 3.43. The van der Waals surface area contributed by atoms with Crippen LogP contribution in [0.15, 0.2) is 47.5 Å². The van der Waals surface area contributed by atoms with Crippen LogP contribution in [0.25, 0.3) is 5.69 Å². The molecule has 144 valence electrons. The summed E-state index contributed by atoms with van der Waals surface area (Å²) in [4.78, 5) is 50.6. The molecule has 2 heterocycles. The van der Waals surface area contributed by atoms with Crippen LogP contribution in [0.4, 0.5) is 4.79 Å². The van der Waals surface area contributed by atoms with Crippen molar-refractivity contribution in [1.82, 2.24) is 14.4 Å². The molecule has 2 aromatic rings. The quantitative estimate of drug-likeness (QED) is 0.297. The lowest BCUT2D eigenvalue weighted by Gasteiger charge is -2.14. The number of Topliss-reactive ketones (excluding diaryl/α,β-unsaturated/α-hetero) is 1. The Bertz CT molecular complexity index is 1020. The van der Waals surface area contributed by atoms with Gasteiger partial charge in [-0.25, -0.2) is 9.69 Å². The zero-order valence-corrected chi connectivity index (χ0v) is 17.0. The van der Waals surface area contributed by atoms with Crippen molar-refractivity contribution in [1.29, 1.82) is 0 Å². The highest BCUT2D eigenvalue weighted by Gasteiger charge is 2.44. The number of halogens is 1. The van der Waals surface area contributed by atoms with E-state index in [-0.39, 0.29) is 6.54 Å². The van der Waals surface area contributed by atoms with Crippen molar-refractivity contribution >= 4 is 39.6 Å². The van der Waals surface area contributed by atoms with Gasteiger partial charge in [0.05, 0.1) is 6.54 Å². The van der Waals surface area contributed by atoms with Crippen LogP contribution in [0.1, 0.15) is 21.7 Å². The summed E-state index contributed by atoms with van der Waals surface area (Å²) < 4.78 is 2.82. The summed E-state index contributed by atoms with van der Waals surface area (Å²) in [7, 11) is 0. The van der Waals surface area contributed by atoms with Crippen LogP contribution in [0.2, 0.25) is 0 Å². The molecule has 0 spiro atoms. The summed E-state index contributed by atoms with van der Waals surface area (Å²) in [5.74, 6) is -2.36. The van der Waals surface area contributed by atoms with Gasteiger partial charge in [0.25, 0.3) is 0 Å². The van der Waals surface area contributed by atoms with Gasteiger partial charge in [0.2, 0.25) is 0 Å². The van der Waals surface area contributed by atoms with Crippen LogP contribution in [0.5, 0.6) is 0 Å². The molecule has 4 amide bonds. The maximum Gasteiger partial charge on any atom is 0.334 e. The molecular weight excluding hydrogens is 426 g/mol. The molecule has 0 saturated carbocycles. The molecular formula is C20H18BrN3O4. The Kier molecular flexibility index (Phi) is 5.33. The highest BCUT2D eigenvalue weighted by molar-refractivity contribution is 9.10. The van der Waals surface area contributed by atoms with Crippen molar-refractivity contribution in [2.45, 2.75) is 13.8 Å². The third kappa shape index (κ3) is 3.31. The van der Waals surface area contributed by atoms with E-state index in [1.807, 2.05) is 35.8 Å². The van der Waals surface area contributed by atoms with Crippen molar-refractivity contribution in [3.05, 3.63) is 64.4 Å². The van der Waals surface area contributed by atoms with Gasteiger partial charge in [-0.15, -0.1) is 6.58 Å². The van der Waals surface area contributed by atoms with E-state index in [4.69, 9.17) is 0 Å². The number of aromatic nitrogens is 1. The van der Waals surface area contributed by atoms with E-state index in [0.29, 0.717) is 16.2 Å². The van der Waals surface area contributed by atoms with Gasteiger partial charge in [0, 0.05) is 33.7 Å². The van der Waals surface area contributed by atoms with Gasteiger partial charge in [-0.05, 0) is 38.1 Å². The second-order valence-corrected chi connectivity index (χ2v) is 7.32. The number of rotatable bonds is 6. The zero-order valence-electron chi connectivity index (χ0n) is 15.4. The summed E-state index contributed by atoms with van der Waals surface area (Å²) in [6, 6.07) is 8.55. The summed E-state index contributed by atoms with van der Waals surface area (Å²) in [5, 5.41) is 0. The van der Waals surface area contributed by atoms with E-state index in [9.17, 15) is 19.2 Å². The molecule has 0 bridgehead atoms. The number of carbonyl (C=O) groups excluding carboxylic acids is 4. The molecule has 8 heteroatoms. The van der Waals surface area contributed by atoms with Gasteiger partial charge in [-0.1, -0.05) is 28.1 Å². The summed E-state index contributed by atoms with van der Waals surface area (Å²) in [6.45, 7) is 6.56. The first-order chi connectivity index (χ1) is 13.3. The zero-order chi connectivity index (χ0) is 20.6. The standard InChI is InChI=1S/C20H18BrN3O4/c1-4-8-22-18(26)19(27)23(20(22)28)11-17(25)16-9-12(2)24(13(16)3)15-7-5-6-14(21)10-15/h4-7,9-10H,1,8,11H2,2-3H3. The molecule has 0 aliphatic carbocycles. The number of ketones is 1. The molecule has 0 atom stereocenters. The average Bonchev–Trinajstić information content (AvgIpc) is 3.05. The number of benzene rings is 1. The van der Waals surface area contributed by atoms with E-state index in [1.165, 1.54) is 6.08 Å². The van der Waals surface area contributed by atoms with Crippen LogP contribution in [0.3, 0.4) is 0 Å². The van der Waals surface area contributed by atoms with Crippen LogP contribution < -0.4 is 0 Å². The molecule has 7 nitrogen and oxygen atoms in total. The van der Waals surface area contributed by atoms with Crippen LogP contribution in [-0.4, -0.2) is 51.1 Å². The molecule has 3 rings (SSSR count). The number of hydrogen-bond donors (Lipinski definition) is 0. The number of nitrogens with zero attached hydrogens (tertiary/aromatic N) is 3. The number of imide groups is 2. The first kappa shape index (κ1) is 19.8. The second-order valence-electron chi connectivity index (χ2n) is 6.40. The Balaban J connectivity index is 1.89. The lowest BCUT2D eigenvalue weighted by Crippen LogP contribution is -2.37. The van der Waals surface area contributed by atoms with Gasteiger partial charge in [0.15, 0.2) is 5.78 Å². The Hall–Kier alpha value is -3.00. The fourth-order valence-corrected chi connectivity index (χ4v) is 3.65. The second kappa shape index (κ2) is 7.55. The van der Waals surface area contributed by atoms with E-state index in [2.05, 4.69) is 22.5 Å². The van der Waals surface area contributed by atoms with Gasteiger partial charge in [-0.2, -0.15) is 0 Å². The molecule has 0 unspecified atom stereocenters. The van der Waals surface area contributed by atoms with E-state index >= 15 is 0 Å². The van der Waals surface area contributed by atoms with Crippen molar-refractivity contribution < 1.29 is 19.2 Å². The smallest absolute Gasteiger partial charge is 0.318 e. The minimum absolute atomic E-state index is 0.0779. The number of amides is 4. The first-order valence-electron chi connectivity index (χ1n) is 8.52.